The van der Waals surface area contributed by atoms with Crippen LogP contribution in [0.1, 0.15) is 12.5 Å². The molecule has 0 saturated heterocycles. The number of ether oxygens (including phenoxy) is 2. The Hall–Kier alpha value is -1.95. The summed E-state index contributed by atoms with van der Waals surface area (Å²) in [7, 11) is 1.07. The normalized spacial score (nSPS) is 13.9. The molecule has 0 aromatic heterocycles. The van der Waals surface area contributed by atoms with Gasteiger partial charge in [-0.05, 0) is 25.0 Å². The maximum Gasteiger partial charge on any atom is 0.320 e. The second-order valence-electron chi connectivity index (χ2n) is 4.82. The molecular formula is C16H20O5S. The molecule has 0 saturated carbocycles. The molecule has 1 aromatic rings. The quantitative estimate of drug-likeness (QED) is 0.593. The van der Waals surface area contributed by atoms with Gasteiger partial charge < -0.3 is 9.47 Å². The van der Waals surface area contributed by atoms with E-state index in [4.69, 9.17) is 0 Å². The van der Waals surface area contributed by atoms with E-state index in [0.29, 0.717) is 4.90 Å². The van der Waals surface area contributed by atoms with Gasteiger partial charge in [-0.2, -0.15) is 0 Å². The lowest BCUT2D eigenvalue weighted by atomic mass is 9.94. The minimum atomic E-state index is -1.34. The second-order valence-corrected chi connectivity index (χ2v) is 6.16. The molecule has 0 bridgehead atoms. The Labute approximate surface area is 132 Å². The third kappa shape index (κ3) is 4.80. The SMILES string of the molecule is COC(=O)C(C(=O)OC)[C@@H](C)/C=C/S(=O)c1ccc(C)cc1. The summed E-state index contributed by atoms with van der Waals surface area (Å²) in [5.41, 5.74) is 1.08. The van der Waals surface area contributed by atoms with Gasteiger partial charge in [-0.3, -0.25) is 9.59 Å². The van der Waals surface area contributed by atoms with Gasteiger partial charge in [0.2, 0.25) is 0 Å². The summed E-state index contributed by atoms with van der Waals surface area (Å²) >= 11 is 0. The molecule has 5 nitrogen and oxygen atoms in total. The Morgan fingerprint density at radius 3 is 2.05 bits per heavy atom. The van der Waals surface area contributed by atoms with E-state index in [0.717, 1.165) is 5.56 Å². The second kappa shape index (κ2) is 8.48. The minimum Gasteiger partial charge on any atom is -0.468 e. The van der Waals surface area contributed by atoms with Crippen LogP contribution in [-0.4, -0.2) is 30.4 Å². The summed E-state index contributed by atoms with van der Waals surface area (Å²) in [4.78, 5) is 24.0. The van der Waals surface area contributed by atoms with Crippen LogP contribution in [0.4, 0.5) is 0 Å². The molecule has 120 valence electrons. The highest BCUT2D eigenvalue weighted by atomic mass is 32.2. The molecule has 0 fully saturated rings. The number of benzene rings is 1. The molecular weight excluding hydrogens is 304 g/mol. The third-order valence-electron chi connectivity index (χ3n) is 3.20. The van der Waals surface area contributed by atoms with E-state index in [1.165, 1.54) is 19.6 Å². The van der Waals surface area contributed by atoms with Crippen molar-refractivity contribution in [2.24, 2.45) is 11.8 Å². The molecule has 2 atom stereocenters. The lowest BCUT2D eigenvalue weighted by molar-refractivity contribution is -0.160. The van der Waals surface area contributed by atoms with Crippen LogP contribution in [0.25, 0.3) is 0 Å². The fourth-order valence-corrected chi connectivity index (χ4v) is 2.79. The average Bonchev–Trinajstić information content (AvgIpc) is 2.52. The lowest BCUT2D eigenvalue weighted by Crippen LogP contribution is -2.31. The summed E-state index contributed by atoms with van der Waals surface area (Å²) in [5.74, 6) is -2.91. The van der Waals surface area contributed by atoms with Gasteiger partial charge in [0, 0.05) is 10.3 Å². The molecule has 0 aliphatic heterocycles. The highest BCUT2D eigenvalue weighted by molar-refractivity contribution is 7.88. The van der Waals surface area contributed by atoms with Crippen LogP contribution in [0.5, 0.6) is 0 Å². The van der Waals surface area contributed by atoms with Crippen molar-refractivity contribution in [1.82, 2.24) is 0 Å². The van der Waals surface area contributed by atoms with E-state index < -0.39 is 34.6 Å². The first kappa shape index (κ1) is 18.1. The van der Waals surface area contributed by atoms with Crippen LogP contribution in [0.3, 0.4) is 0 Å². The maximum atomic E-state index is 12.2. The van der Waals surface area contributed by atoms with Crippen LogP contribution in [-0.2, 0) is 29.9 Å². The molecule has 0 radical (unpaired) electrons. The summed E-state index contributed by atoms with van der Waals surface area (Å²) in [5, 5.41) is 1.47. The Morgan fingerprint density at radius 2 is 1.59 bits per heavy atom. The number of rotatable bonds is 6. The van der Waals surface area contributed by atoms with Gasteiger partial charge in [-0.1, -0.05) is 30.7 Å². The fourth-order valence-electron chi connectivity index (χ4n) is 1.84. The van der Waals surface area contributed by atoms with Crippen LogP contribution in [0, 0.1) is 18.8 Å². The van der Waals surface area contributed by atoms with E-state index in [9.17, 15) is 13.8 Å². The summed E-state index contributed by atoms with van der Waals surface area (Å²) in [6, 6.07) is 7.30. The Kier molecular flexibility index (Phi) is 6.98. The van der Waals surface area contributed by atoms with Crippen LogP contribution in [0.15, 0.2) is 40.6 Å². The van der Waals surface area contributed by atoms with Crippen molar-refractivity contribution in [2.45, 2.75) is 18.7 Å². The van der Waals surface area contributed by atoms with Gasteiger partial charge in [0.25, 0.3) is 0 Å². The minimum absolute atomic E-state index is 0.491. The van der Waals surface area contributed by atoms with E-state index in [-0.39, 0.29) is 0 Å². The van der Waals surface area contributed by atoms with E-state index >= 15 is 0 Å². The smallest absolute Gasteiger partial charge is 0.320 e. The van der Waals surface area contributed by atoms with Gasteiger partial charge in [0.15, 0.2) is 5.92 Å². The molecule has 0 N–H and O–H groups in total. The molecule has 1 unspecified atom stereocenters. The van der Waals surface area contributed by atoms with E-state index in [1.807, 2.05) is 19.1 Å². The Bertz CT molecular complexity index is 561. The summed E-state index contributed by atoms with van der Waals surface area (Å²) < 4.78 is 21.4. The number of carbonyl (C=O) groups excluding carboxylic acids is 2. The molecule has 0 aliphatic carbocycles. The summed E-state index contributed by atoms with van der Waals surface area (Å²) in [6.07, 6.45) is 1.56. The highest BCUT2D eigenvalue weighted by Gasteiger charge is 2.33. The topological polar surface area (TPSA) is 69.7 Å². The van der Waals surface area contributed by atoms with Crippen molar-refractivity contribution in [3.8, 4) is 0 Å². The molecule has 6 heteroatoms. The lowest BCUT2D eigenvalue weighted by Gasteiger charge is -2.16. The first-order chi connectivity index (χ1) is 10.4. The number of methoxy groups -OCH3 is 2. The van der Waals surface area contributed by atoms with Gasteiger partial charge in [-0.15, -0.1) is 0 Å². The molecule has 22 heavy (non-hydrogen) atoms. The fraction of sp³-hybridized carbons (Fsp3) is 0.375. The van der Waals surface area contributed by atoms with E-state index in [1.54, 1.807) is 25.1 Å². The van der Waals surface area contributed by atoms with Crippen molar-refractivity contribution < 1.29 is 23.3 Å². The predicted octanol–water partition coefficient (Wildman–Crippen LogP) is 2.21. The molecule has 0 heterocycles. The largest absolute Gasteiger partial charge is 0.468 e. The molecule has 0 aliphatic rings. The van der Waals surface area contributed by atoms with E-state index in [2.05, 4.69) is 9.47 Å². The number of carbonyl (C=O) groups is 2. The molecule has 1 rings (SSSR count). The highest BCUT2D eigenvalue weighted by Crippen LogP contribution is 2.18. The van der Waals surface area contributed by atoms with Crippen molar-refractivity contribution in [3.63, 3.8) is 0 Å². The van der Waals surface area contributed by atoms with Crippen LogP contribution in [0.2, 0.25) is 0 Å². The maximum absolute atomic E-state index is 12.2. The Balaban J connectivity index is 2.85. The number of allylic oxidation sites excluding steroid dienone is 1. The van der Waals surface area contributed by atoms with Crippen LogP contribution >= 0.6 is 0 Å². The van der Waals surface area contributed by atoms with Crippen molar-refractivity contribution in [1.29, 1.82) is 0 Å². The number of aryl methyl sites for hydroxylation is 1. The molecule has 1 aromatic carbocycles. The third-order valence-corrected chi connectivity index (χ3v) is 4.34. The first-order valence-corrected chi connectivity index (χ1v) is 7.93. The van der Waals surface area contributed by atoms with Gasteiger partial charge in [0.05, 0.1) is 25.0 Å². The van der Waals surface area contributed by atoms with Gasteiger partial charge in [0.1, 0.15) is 0 Å². The number of hydrogen-bond donors (Lipinski definition) is 0. The average molecular weight is 324 g/mol. The van der Waals surface area contributed by atoms with Gasteiger partial charge in [-0.25, -0.2) is 4.21 Å². The zero-order valence-electron chi connectivity index (χ0n) is 13.1. The Morgan fingerprint density at radius 1 is 1.09 bits per heavy atom. The van der Waals surface area contributed by atoms with Crippen molar-refractivity contribution in [3.05, 3.63) is 41.3 Å². The number of hydrogen-bond acceptors (Lipinski definition) is 5. The van der Waals surface area contributed by atoms with Gasteiger partial charge >= 0.3 is 11.9 Å². The monoisotopic (exact) mass is 324 g/mol. The summed E-state index contributed by atoms with van der Waals surface area (Å²) in [6.45, 7) is 3.61. The zero-order chi connectivity index (χ0) is 16.7. The standard InChI is InChI=1S/C16H20O5S/c1-11-5-7-13(8-6-11)22(19)10-9-12(2)14(15(17)20-3)16(18)21-4/h5-10,12,14H,1-4H3/b10-9+/t12-,22?/m0/s1. The van der Waals surface area contributed by atoms with Crippen molar-refractivity contribution in [2.75, 3.05) is 14.2 Å². The zero-order valence-corrected chi connectivity index (χ0v) is 13.9. The first-order valence-electron chi connectivity index (χ1n) is 6.72. The number of esters is 2. The molecule has 0 amide bonds. The molecule has 0 spiro atoms. The predicted molar refractivity (Wildman–Crippen MR) is 83.4 cm³/mol. The van der Waals surface area contributed by atoms with Crippen molar-refractivity contribution >= 4 is 22.7 Å². The van der Waals surface area contributed by atoms with Crippen LogP contribution < -0.4 is 0 Å².